The Labute approximate surface area is 213 Å². The number of nitrogens with two attached hydrogens (primary N) is 1. The highest BCUT2D eigenvalue weighted by atomic mass is 32.2. The smallest absolute Gasteiger partial charge is 0.231 e. The van der Waals surface area contributed by atoms with Crippen LogP contribution in [0.1, 0.15) is 37.0 Å². The van der Waals surface area contributed by atoms with Crippen LogP contribution in [0.5, 0.6) is 11.5 Å². The van der Waals surface area contributed by atoms with Crippen molar-refractivity contribution in [3.05, 3.63) is 89.5 Å². The minimum absolute atomic E-state index is 0.0388. The van der Waals surface area contributed by atoms with E-state index in [0.717, 1.165) is 11.1 Å². The summed E-state index contributed by atoms with van der Waals surface area (Å²) >= 11 is 0. The fraction of sp³-hybridized carbons (Fsp3) is 0.296. The summed E-state index contributed by atoms with van der Waals surface area (Å²) in [6, 6.07) is 22.2. The Morgan fingerprint density at radius 3 is 2.28 bits per heavy atom. The van der Waals surface area contributed by atoms with Crippen LogP contribution in [0.25, 0.3) is 0 Å². The van der Waals surface area contributed by atoms with E-state index in [1.54, 1.807) is 36.4 Å². The molecule has 0 spiro atoms. The van der Waals surface area contributed by atoms with E-state index in [9.17, 15) is 8.42 Å². The number of benzene rings is 3. The van der Waals surface area contributed by atoms with Crippen molar-refractivity contribution in [3.63, 3.8) is 0 Å². The van der Waals surface area contributed by atoms with Gasteiger partial charge in [-0.15, -0.1) is 4.83 Å². The van der Waals surface area contributed by atoms with Gasteiger partial charge in [-0.2, -0.15) is 0 Å². The van der Waals surface area contributed by atoms with Gasteiger partial charge < -0.3 is 15.2 Å². The number of ether oxygens (including phenoxy) is 2. The molecule has 0 heterocycles. The molecule has 0 aliphatic heterocycles. The molecule has 0 radical (unpaired) electrons. The van der Waals surface area contributed by atoms with Crippen LogP contribution in [0.3, 0.4) is 0 Å². The van der Waals surface area contributed by atoms with Gasteiger partial charge in [-0.3, -0.25) is 10.4 Å². The maximum absolute atomic E-state index is 13.3. The highest BCUT2D eigenvalue weighted by molar-refractivity contribution is 7.90. The van der Waals surface area contributed by atoms with Crippen molar-refractivity contribution in [2.24, 2.45) is 5.73 Å². The first kappa shape index (κ1) is 27.0. The Morgan fingerprint density at radius 2 is 1.69 bits per heavy atom. The number of nitrogen functional groups attached to an aromatic ring is 1. The van der Waals surface area contributed by atoms with E-state index in [4.69, 9.17) is 20.6 Å². The number of rotatable bonds is 13. The molecule has 0 saturated heterocycles. The summed E-state index contributed by atoms with van der Waals surface area (Å²) in [7, 11) is -2.13. The zero-order valence-electron chi connectivity index (χ0n) is 20.9. The molecule has 36 heavy (non-hydrogen) atoms. The Hall–Kier alpha value is -3.56. The minimum atomic E-state index is -3.70. The van der Waals surface area contributed by atoms with Gasteiger partial charge in [-0.05, 0) is 67.3 Å². The third kappa shape index (κ3) is 6.99. The summed E-state index contributed by atoms with van der Waals surface area (Å²) in [4.78, 5) is 2.72. The van der Waals surface area contributed by atoms with E-state index in [1.807, 2.05) is 62.4 Å². The Bertz CT molecular complexity index is 1250. The van der Waals surface area contributed by atoms with Gasteiger partial charge in [0.05, 0.1) is 18.0 Å². The van der Waals surface area contributed by atoms with Crippen molar-refractivity contribution in [2.75, 3.05) is 18.7 Å². The van der Waals surface area contributed by atoms with E-state index in [0.29, 0.717) is 48.7 Å². The monoisotopic (exact) mass is 510 g/mol. The summed E-state index contributed by atoms with van der Waals surface area (Å²) < 4.78 is 38.0. The third-order valence-electron chi connectivity index (χ3n) is 5.87. The number of hydrazine groups is 1. The van der Waals surface area contributed by atoms with Crippen LogP contribution in [0.2, 0.25) is 0 Å². The number of sulfonamides is 1. The van der Waals surface area contributed by atoms with Crippen LogP contribution in [-0.4, -0.2) is 33.2 Å². The minimum Gasteiger partial charge on any atom is -0.493 e. The van der Waals surface area contributed by atoms with E-state index in [2.05, 4.69) is 4.83 Å². The molecule has 9 heteroatoms. The molecule has 0 amide bonds. The fourth-order valence-electron chi connectivity index (χ4n) is 3.78. The molecule has 1 atom stereocenters. The predicted octanol–water partition coefficient (Wildman–Crippen LogP) is 4.24. The van der Waals surface area contributed by atoms with E-state index < -0.39 is 15.3 Å². The lowest BCUT2D eigenvalue weighted by molar-refractivity contribution is 0.284. The molecule has 0 aliphatic rings. The number of amidine groups is 1. The van der Waals surface area contributed by atoms with Crippen molar-refractivity contribution >= 4 is 21.5 Å². The van der Waals surface area contributed by atoms with Gasteiger partial charge in [-0.25, -0.2) is 8.42 Å². The van der Waals surface area contributed by atoms with Crippen LogP contribution < -0.4 is 25.0 Å². The zero-order valence-corrected chi connectivity index (χ0v) is 21.7. The lowest BCUT2D eigenvalue weighted by Gasteiger charge is -2.27. The molecule has 4 N–H and O–H groups in total. The van der Waals surface area contributed by atoms with Crippen LogP contribution in [0, 0.1) is 5.41 Å². The summed E-state index contributed by atoms with van der Waals surface area (Å²) in [6.45, 7) is 4.56. The summed E-state index contributed by atoms with van der Waals surface area (Å²) in [5.74, 6) is 1.12. The van der Waals surface area contributed by atoms with Gasteiger partial charge in [0, 0.05) is 12.1 Å². The van der Waals surface area contributed by atoms with Crippen molar-refractivity contribution in [1.29, 1.82) is 5.41 Å². The van der Waals surface area contributed by atoms with E-state index in [-0.39, 0.29) is 5.84 Å². The molecule has 3 aromatic rings. The molecule has 1 unspecified atom stereocenters. The highest BCUT2D eigenvalue weighted by Crippen LogP contribution is 2.30. The zero-order chi connectivity index (χ0) is 26.1. The van der Waals surface area contributed by atoms with Gasteiger partial charge in [0.25, 0.3) is 0 Å². The van der Waals surface area contributed by atoms with Crippen LogP contribution >= 0.6 is 0 Å². The maximum atomic E-state index is 13.3. The Kier molecular flexibility index (Phi) is 9.32. The predicted molar refractivity (Wildman–Crippen MR) is 144 cm³/mol. The first-order valence-corrected chi connectivity index (χ1v) is 13.4. The van der Waals surface area contributed by atoms with Crippen LogP contribution in [-0.2, 0) is 23.1 Å². The quantitative estimate of drug-likeness (QED) is 0.180. The van der Waals surface area contributed by atoms with Crippen molar-refractivity contribution < 1.29 is 17.9 Å². The molecule has 3 aromatic carbocycles. The van der Waals surface area contributed by atoms with Crippen molar-refractivity contribution in [3.8, 4) is 11.5 Å². The molecular formula is C27H34N4O4S. The Balaban J connectivity index is 1.72. The van der Waals surface area contributed by atoms with Gasteiger partial charge in [0.1, 0.15) is 12.4 Å². The van der Waals surface area contributed by atoms with Crippen LogP contribution in [0.4, 0.5) is 5.69 Å². The molecule has 0 bridgehead atoms. The Morgan fingerprint density at radius 1 is 1.00 bits per heavy atom. The second-order valence-corrected chi connectivity index (χ2v) is 10.3. The van der Waals surface area contributed by atoms with Gasteiger partial charge in [0.2, 0.25) is 10.0 Å². The lowest BCUT2D eigenvalue weighted by atomic mass is 10.1. The second kappa shape index (κ2) is 12.4. The molecular weight excluding hydrogens is 476 g/mol. The topological polar surface area (TPSA) is 118 Å². The molecule has 3 rings (SSSR count). The molecule has 0 saturated carbocycles. The molecule has 0 fully saturated rings. The largest absolute Gasteiger partial charge is 0.493 e. The van der Waals surface area contributed by atoms with E-state index >= 15 is 0 Å². The lowest BCUT2D eigenvalue weighted by Crippen LogP contribution is -2.47. The average Bonchev–Trinajstić information content (AvgIpc) is 2.89. The SMILES string of the molecule is CCC(Cc1ccc(OCc2ccccc2)c(OC)c1)S(=O)(=O)NN(CC)c1ccc(C(=N)N)cc1. The molecule has 0 aromatic heterocycles. The third-order valence-corrected chi connectivity index (χ3v) is 7.72. The van der Waals surface area contributed by atoms with Gasteiger partial charge in [-0.1, -0.05) is 43.3 Å². The van der Waals surface area contributed by atoms with E-state index in [1.165, 1.54) is 0 Å². The van der Waals surface area contributed by atoms with Gasteiger partial charge >= 0.3 is 0 Å². The highest BCUT2D eigenvalue weighted by Gasteiger charge is 2.27. The summed E-state index contributed by atoms with van der Waals surface area (Å²) in [5, 5.41) is 8.45. The standard InChI is InChI=1S/C27H34N4O4S/c1-4-24(36(32,33)30-31(5-2)23-14-12-22(13-15-23)27(28)29)17-21-11-16-25(26(18-21)34-3)35-19-20-9-7-6-8-10-20/h6-16,18,24,30H,4-5,17,19H2,1-3H3,(H3,28,29). The van der Waals surface area contributed by atoms with Crippen molar-refractivity contribution in [1.82, 2.24) is 4.83 Å². The normalized spacial score (nSPS) is 12.1. The number of anilines is 1. The second-order valence-electron chi connectivity index (χ2n) is 8.33. The van der Waals surface area contributed by atoms with Crippen molar-refractivity contribution in [2.45, 2.75) is 38.5 Å². The molecule has 192 valence electrons. The number of hydrogen-bond acceptors (Lipinski definition) is 6. The number of methoxy groups -OCH3 is 1. The molecule has 8 nitrogen and oxygen atoms in total. The number of nitrogens with zero attached hydrogens (tertiary/aromatic N) is 1. The van der Waals surface area contributed by atoms with Gasteiger partial charge in [0.15, 0.2) is 11.5 Å². The number of nitrogens with one attached hydrogen (secondary N) is 2. The first-order valence-electron chi connectivity index (χ1n) is 11.8. The fourth-order valence-corrected chi connectivity index (χ4v) is 5.32. The molecule has 0 aliphatic carbocycles. The maximum Gasteiger partial charge on any atom is 0.231 e. The summed E-state index contributed by atoms with van der Waals surface area (Å²) in [5.41, 5.74) is 8.65. The first-order chi connectivity index (χ1) is 17.3. The summed E-state index contributed by atoms with van der Waals surface area (Å²) in [6.07, 6.45) is 0.757. The number of hydrogen-bond donors (Lipinski definition) is 3. The average molecular weight is 511 g/mol. The van der Waals surface area contributed by atoms with Crippen LogP contribution in [0.15, 0.2) is 72.8 Å².